The van der Waals surface area contributed by atoms with Crippen LogP contribution in [0.1, 0.15) is 5.69 Å². The van der Waals surface area contributed by atoms with Crippen LogP contribution in [0.5, 0.6) is 11.5 Å². The molecule has 0 aliphatic heterocycles. The van der Waals surface area contributed by atoms with Crippen molar-refractivity contribution in [1.29, 1.82) is 0 Å². The molecule has 0 saturated heterocycles. The molecule has 0 fully saturated rings. The van der Waals surface area contributed by atoms with Crippen molar-refractivity contribution in [2.75, 3.05) is 19.5 Å². The van der Waals surface area contributed by atoms with Crippen molar-refractivity contribution < 1.29 is 19.5 Å². The first kappa shape index (κ1) is 18.9. The second-order valence-corrected chi connectivity index (χ2v) is 5.77. The molecule has 0 bridgehead atoms. The molecule has 0 atom stereocenters. The molecule has 1 amide bonds. The lowest BCUT2D eigenvalue weighted by Crippen LogP contribution is -2.28. The summed E-state index contributed by atoms with van der Waals surface area (Å²) in [6.45, 7) is 0. The third kappa shape index (κ3) is 3.93. The topological polar surface area (TPSA) is 126 Å². The first-order valence-electron chi connectivity index (χ1n) is 8.28. The summed E-state index contributed by atoms with van der Waals surface area (Å²) in [4.78, 5) is 31.7. The fraction of sp³-hybridized carbons (Fsp3) is 0.158. The van der Waals surface area contributed by atoms with Gasteiger partial charge in [-0.15, -0.1) is 0 Å². The molecule has 9 nitrogen and oxygen atoms in total. The molecule has 0 aliphatic carbocycles. The zero-order chi connectivity index (χ0) is 20.1. The van der Waals surface area contributed by atoms with Crippen LogP contribution in [0.3, 0.4) is 0 Å². The van der Waals surface area contributed by atoms with Gasteiger partial charge in [-0.3, -0.25) is 9.59 Å². The van der Waals surface area contributed by atoms with Crippen molar-refractivity contribution in [1.82, 2.24) is 9.97 Å². The number of nitrogens with zero attached hydrogens (tertiary/aromatic N) is 2. The van der Waals surface area contributed by atoms with Gasteiger partial charge in [-0.2, -0.15) is 0 Å². The molecule has 144 valence electrons. The van der Waals surface area contributed by atoms with Gasteiger partial charge in [0.25, 0.3) is 11.5 Å². The van der Waals surface area contributed by atoms with Gasteiger partial charge in [0.05, 0.1) is 30.9 Å². The van der Waals surface area contributed by atoms with Crippen LogP contribution < -0.4 is 20.3 Å². The molecule has 1 heterocycles. The monoisotopic (exact) mass is 382 g/mol. The number of oxime groups is 1. The highest BCUT2D eigenvalue weighted by atomic mass is 16.5. The maximum absolute atomic E-state index is 12.5. The molecule has 0 unspecified atom stereocenters. The smallest absolute Gasteiger partial charge is 0.273 e. The normalized spacial score (nSPS) is 11.3. The first-order valence-corrected chi connectivity index (χ1v) is 8.28. The minimum Gasteiger partial charge on any atom is -0.497 e. The summed E-state index contributed by atoms with van der Waals surface area (Å²) in [6.07, 6.45) is -0.249. The van der Waals surface area contributed by atoms with Crippen LogP contribution in [-0.2, 0) is 11.2 Å². The Balaban J connectivity index is 1.84. The Morgan fingerprint density at radius 3 is 2.71 bits per heavy atom. The predicted molar refractivity (Wildman–Crippen MR) is 103 cm³/mol. The van der Waals surface area contributed by atoms with Crippen molar-refractivity contribution in [3.8, 4) is 11.5 Å². The van der Waals surface area contributed by atoms with E-state index in [-0.39, 0.29) is 17.8 Å². The fourth-order valence-corrected chi connectivity index (χ4v) is 2.60. The Morgan fingerprint density at radius 1 is 1.21 bits per heavy atom. The summed E-state index contributed by atoms with van der Waals surface area (Å²) in [5.41, 5.74) is 0.816. The number of nitrogens with one attached hydrogen (secondary N) is 2. The molecule has 3 aromatic rings. The van der Waals surface area contributed by atoms with Crippen LogP contribution in [0, 0.1) is 0 Å². The average molecular weight is 382 g/mol. The predicted octanol–water partition coefficient (Wildman–Crippen LogP) is 1.95. The van der Waals surface area contributed by atoms with E-state index in [2.05, 4.69) is 20.4 Å². The van der Waals surface area contributed by atoms with Crippen molar-refractivity contribution in [2.45, 2.75) is 6.42 Å². The number of amides is 1. The van der Waals surface area contributed by atoms with Crippen LogP contribution in [-0.4, -0.2) is 41.0 Å². The van der Waals surface area contributed by atoms with Crippen molar-refractivity contribution in [2.24, 2.45) is 5.16 Å². The summed E-state index contributed by atoms with van der Waals surface area (Å²) < 4.78 is 10.3. The van der Waals surface area contributed by atoms with Gasteiger partial charge < -0.3 is 25.0 Å². The van der Waals surface area contributed by atoms with E-state index in [1.807, 2.05) is 0 Å². The molecular weight excluding hydrogens is 364 g/mol. The van der Waals surface area contributed by atoms with Crippen LogP contribution in [0.2, 0.25) is 0 Å². The number of anilines is 1. The SMILES string of the molecule is COc1ccc(NC(=O)/C(Cc2nc3ccccc3[nH]c2=O)=N\O)c(OC)c1. The number of hydrogen-bond acceptors (Lipinski definition) is 7. The van der Waals surface area contributed by atoms with E-state index in [1.54, 1.807) is 42.5 Å². The third-order valence-corrected chi connectivity index (χ3v) is 4.04. The van der Waals surface area contributed by atoms with E-state index in [9.17, 15) is 14.8 Å². The lowest BCUT2D eigenvalue weighted by molar-refractivity contribution is -0.110. The second kappa shape index (κ2) is 8.21. The number of aromatic amines is 1. The van der Waals surface area contributed by atoms with E-state index in [0.717, 1.165) is 0 Å². The quantitative estimate of drug-likeness (QED) is 0.340. The maximum Gasteiger partial charge on any atom is 0.273 e. The number of para-hydroxylation sites is 2. The molecule has 0 spiro atoms. The van der Waals surface area contributed by atoms with Crippen LogP contribution in [0.25, 0.3) is 11.0 Å². The third-order valence-electron chi connectivity index (χ3n) is 4.04. The van der Waals surface area contributed by atoms with Gasteiger partial charge in [0.1, 0.15) is 17.2 Å². The number of methoxy groups -OCH3 is 2. The summed E-state index contributed by atoms with van der Waals surface area (Å²) in [5, 5.41) is 14.9. The number of fused-ring (bicyclic) bond motifs is 1. The highest BCUT2D eigenvalue weighted by Gasteiger charge is 2.18. The summed E-state index contributed by atoms with van der Waals surface area (Å²) in [7, 11) is 2.96. The Hall–Kier alpha value is -3.88. The number of hydrogen-bond donors (Lipinski definition) is 3. The standard InChI is InChI=1S/C19H18N4O5/c1-27-11-7-8-14(17(9-11)28-2)22-19(25)16(23-26)10-15-18(24)21-13-6-4-3-5-12(13)20-15/h3-9,26H,10H2,1-2H3,(H,21,24)(H,22,25)/b23-16-. The van der Waals surface area contributed by atoms with E-state index in [0.29, 0.717) is 28.2 Å². The number of benzene rings is 2. The zero-order valence-corrected chi connectivity index (χ0v) is 15.2. The van der Waals surface area contributed by atoms with Gasteiger partial charge in [-0.05, 0) is 24.3 Å². The first-order chi connectivity index (χ1) is 13.5. The molecule has 3 N–H and O–H groups in total. The maximum atomic E-state index is 12.5. The molecule has 0 radical (unpaired) electrons. The molecule has 1 aromatic heterocycles. The Morgan fingerprint density at radius 2 is 2.00 bits per heavy atom. The van der Waals surface area contributed by atoms with E-state index >= 15 is 0 Å². The summed E-state index contributed by atoms with van der Waals surface area (Å²) in [6, 6.07) is 11.8. The molecule has 3 rings (SSSR count). The van der Waals surface area contributed by atoms with Crippen molar-refractivity contribution >= 4 is 28.3 Å². The highest BCUT2D eigenvalue weighted by Crippen LogP contribution is 2.29. The number of rotatable bonds is 6. The van der Waals surface area contributed by atoms with Gasteiger partial charge in [0.15, 0.2) is 5.71 Å². The number of carbonyl (C=O) groups is 1. The fourth-order valence-electron chi connectivity index (χ4n) is 2.60. The van der Waals surface area contributed by atoms with Gasteiger partial charge in [0, 0.05) is 12.5 Å². The average Bonchev–Trinajstić information content (AvgIpc) is 2.72. The number of aromatic nitrogens is 2. The molecule has 28 heavy (non-hydrogen) atoms. The lowest BCUT2D eigenvalue weighted by Gasteiger charge is -2.12. The largest absolute Gasteiger partial charge is 0.497 e. The zero-order valence-electron chi connectivity index (χ0n) is 15.2. The van der Waals surface area contributed by atoms with Crippen LogP contribution >= 0.6 is 0 Å². The Labute approximate surface area is 159 Å². The van der Waals surface area contributed by atoms with Gasteiger partial charge in [-0.1, -0.05) is 17.3 Å². The second-order valence-electron chi connectivity index (χ2n) is 5.77. The van der Waals surface area contributed by atoms with E-state index in [1.165, 1.54) is 14.2 Å². The molecule has 0 saturated carbocycles. The summed E-state index contributed by atoms with van der Waals surface area (Å²) in [5.74, 6) is 0.227. The summed E-state index contributed by atoms with van der Waals surface area (Å²) >= 11 is 0. The van der Waals surface area contributed by atoms with E-state index < -0.39 is 11.5 Å². The number of H-pyrrole nitrogens is 1. The minimum absolute atomic E-state index is 0.0587. The van der Waals surface area contributed by atoms with Gasteiger partial charge in [0.2, 0.25) is 0 Å². The van der Waals surface area contributed by atoms with Gasteiger partial charge >= 0.3 is 0 Å². The van der Waals surface area contributed by atoms with Crippen molar-refractivity contribution in [3.63, 3.8) is 0 Å². The molecule has 2 aromatic carbocycles. The Kier molecular flexibility index (Phi) is 5.54. The van der Waals surface area contributed by atoms with Crippen LogP contribution in [0.4, 0.5) is 5.69 Å². The van der Waals surface area contributed by atoms with E-state index in [4.69, 9.17) is 9.47 Å². The highest BCUT2D eigenvalue weighted by molar-refractivity contribution is 6.43. The molecular formula is C19H18N4O5. The Bertz CT molecular complexity index is 1110. The molecule has 0 aliphatic rings. The molecule has 9 heteroatoms. The number of carbonyl (C=O) groups excluding carboxylic acids is 1. The van der Waals surface area contributed by atoms with Gasteiger partial charge in [-0.25, -0.2) is 4.98 Å². The van der Waals surface area contributed by atoms with Crippen molar-refractivity contribution in [3.05, 3.63) is 58.5 Å². The number of ether oxygens (including phenoxy) is 2. The van der Waals surface area contributed by atoms with Crippen LogP contribution in [0.15, 0.2) is 52.4 Å². The lowest BCUT2D eigenvalue weighted by atomic mass is 10.1. The minimum atomic E-state index is -0.694.